The normalized spacial score (nSPS) is 27.2. The molecule has 3 saturated heterocycles. The van der Waals surface area contributed by atoms with Crippen molar-refractivity contribution in [2.24, 2.45) is 5.92 Å². The minimum atomic E-state index is 0. The Balaban J connectivity index is 0.00000125. The first-order valence-corrected chi connectivity index (χ1v) is 7.83. The number of hydrogen-bond acceptors (Lipinski definition) is 3. The Labute approximate surface area is 135 Å². The summed E-state index contributed by atoms with van der Waals surface area (Å²) in [5.41, 5.74) is 4.68. The van der Waals surface area contributed by atoms with E-state index < -0.39 is 0 Å². The van der Waals surface area contributed by atoms with Gasteiger partial charge in [-0.3, -0.25) is 9.97 Å². The van der Waals surface area contributed by atoms with Crippen molar-refractivity contribution in [2.75, 3.05) is 19.6 Å². The Morgan fingerprint density at radius 2 is 1.91 bits per heavy atom. The van der Waals surface area contributed by atoms with Gasteiger partial charge in [0.1, 0.15) is 0 Å². The van der Waals surface area contributed by atoms with Gasteiger partial charge in [0, 0.05) is 42.0 Å². The molecule has 5 heteroatoms. The summed E-state index contributed by atoms with van der Waals surface area (Å²) in [5, 5.41) is 1.29. The summed E-state index contributed by atoms with van der Waals surface area (Å²) in [5.74, 6) is 1.48. The Hall–Kier alpha value is -1.65. The van der Waals surface area contributed by atoms with E-state index in [9.17, 15) is 0 Å². The van der Waals surface area contributed by atoms with Gasteiger partial charge in [0.2, 0.25) is 0 Å². The quantitative estimate of drug-likeness (QED) is 0.749. The lowest BCUT2D eigenvalue weighted by atomic mass is 9.75. The largest absolute Gasteiger partial charge is 0.361 e. The minimum Gasteiger partial charge on any atom is -0.361 e. The van der Waals surface area contributed by atoms with Gasteiger partial charge in [0.15, 0.2) is 0 Å². The molecule has 4 nitrogen and oxygen atoms in total. The summed E-state index contributed by atoms with van der Waals surface area (Å²) in [7, 11) is 0. The van der Waals surface area contributed by atoms with Crippen LogP contribution in [0.15, 0.2) is 30.7 Å². The molecule has 1 atom stereocenters. The molecule has 2 aromatic heterocycles. The van der Waals surface area contributed by atoms with Crippen LogP contribution in [0.1, 0.15) is 24.3 Å². The number of benzene rings is 1. The molecule has 0 amide bonds. The highest BCUT2D eigenvalue weighted by Gasteiger charge is 2.36. The molecule has 22 heavy (non-hydrogen) atoms. The van der Waals surface area contributed by atoms with Crippen molar-refractivity contribution in [2.45, 2.75) is 18.8 Å². The van der Waals surface area contributed by atoms with Crippen molar-refractivity contribution in [1.29, 1.82) is 0 Å². The average molecular weight is 315 g/mol. The van der Waals surface area contributed by atoms with Crippen LogP contribution in [-0.2, 0) is 0 Å². The second-order valence-corrected chi connectivity index (χ2v) is 6.40. The van der Waals surface area contributed by atoms with E-state index in [2.05, 4.69) is 38.2 Å². The van der Waals surface area contributed by atoms with Gasteiger partial charge in [-0.05, 0) is 49.5 Å². The fourth-order valence-corrected chi connectivity index (χ4v) is 4.29. The van der Waals surface area contributed by atoms with Gasteiger partial charge < -0.3 is 9.88 Å². The van der Waals surface area contributed by atoms with E-state index in [0.29, 0.717) is 5.92 Å². The Morgan fingerprint density at radius 1 is 1.09 bits per heavy atom. The summed E-state index contributed by atoms with van der Waals surface area (Å²) in [4.78, 5) is 15.1. The lowest BCUT2D eigenvalue weighted by Gasteiger charge is -2.44. The molecule has 1 N–H and O–H groups in total. The predicted molar refractivity (Wildman–Crippen MR) is 90.5 cm³/mol. The lowest BCUT2D eigenvalue weighted by molar-refractivity contribution is 0.0877. The first kappa shape index (κ1) is 14.0. The van der Waals surface area contributed by atoms with E-state index >= 15 is 0 Å². The van der Waals surface area contributed by atoms with Crippen LogP contribution in [0.4, 0.5) is 0 Å². The molecule has 0 saturated carbocycles. The third-order valence-corrected chi connectivity index (χ3v) is 5.37. The summed E-state index contributed by atoms with van der Waals surface area (Å²) in [6.45, 7) is 3.77. The van der Waals surface area contributed by atoms with Crippen LogP contribution >= 0.6 is 12.4 Å². The van der Waals surface area contributed by atoms with Crippen molar-refractivity contribution in [3.63, 3.8) is 0 Å². The number of nitrogens with zero attached hydrogens (tertiary/aromatic N) is 3. The second kappa shape index (κ2) is 5.21. The Morgan fingerprint density at radius 3 is 2.68 bits per heavy atom. The minimum absolute atomic E-state index is 0. The van der Waals surface area contributed by atoms with E-state index in [1.54, 1.807) is 12.4 Å². The summed E-state index contributed by atoms with van der Waals surface area (Å²) >= 11 is 0. The van der Waals surface area contributed by atoms with E-state index in [1.165, 1.54) is 48.9 Å². The van der Waals surface area contributed by atoms with Gasteiger partial charge in [0.05, 0.1) is 11.0 Å². The molecule has 0 spiro atoms. The van der Waals surface area contributed by atoms with Crippen molar-refractivity contribution < 1.29 is 0 Å². The lowest BCUT2D eigenvalue weighted by Crippen LogP contribution is -2.46. The molecule has 0 aliphatic carbocycles. The molecule has 3 aromatic rings. The van der Waals surface area contributed by atoms with Crippen LogP contribution in [-0.4, -0.2) is 39.5 Å². The number of fused-ring (bicyclic) bond motifs is 6. The Kier molecular flexibility index (Phi) is 3.31. The first-order valence-electron chi connectivity index (χ1n) is 7.83. The van der Waals surface area contributed by atoms with E-state index in [0.717, 1.165) is 17.0 Å². The van der Waals surface area contributed by atoms with Crippen molar-refractivity contribution in [3.05, 3.63) is 36.3 Å². The highest BCUT2D eigenvalue weighted by atomic mass is 35.5. The number of piperidine rings is 3. The molecule has 0 radical (unpaired) electrons. The molecule has 6 rings (SSSR count). The summed E-state index contributed by atoms with van der Waals surface area (Å²) in [6.07, 6.45) is 8.47. The van der Waals surface area contributed by atoms with Gasteiger partial charge in [-0.25, -0.2) is 0 Å². The zero-order valence-corrected chi connectivity index (χ0v) is 13.1. The van der Waals surface area contributed by atoms with Crippen LogP contribution in [0.25, 0.3) is 21.9 Å². The number of aromatic nitrogens is 3. The molecular formula is C17H19ClN4. The third kappa shape index (κ3) is 1.94. The van der Waals surface area contributed by atoms with Crippen LogP contribution in [0, 0.1) is 5.92 Å². The molecular weight excluding hydrogens is 296 g/mol. The predicted octanol–water partition coefficient (Wildman–Crippen LogP) is 3.34. The molecule has 3 aliphatic rings. The number of hydrogen-bond donors (Lipinski definition) is 1. The van der Waals surface area contributed by atoms with E-state index in [-0.39, 0.29) is 12.4 Å². The molecule has 5 heterocycles. The van der Waals surface area contributed by atoms with Crippen LogP contribution in [0.3, 0.4) is 0 Å². The van der Waals surface area contributed by atoms with E-state index in [4.69, 9.17) is 0 Å². The van der Waals surface area contributed by atoms with Gasteiger partial charge in [0.25, 0.3) is 0 Å². The van der Waals surface area contributed by atoms with Crippen LogP contribution in [0.5, 0.6) is 0 Å². The summed E-state index contributed by atoms with van der Waals surface area (Å²) < 4.78 is 0. The van der Waals surface area contributed by atoms with Crippen LogP contribution in [0.2, 0.25) is 0 Å². The number of rotatable bonds is 1. The third-order valence-electron chi connectivity index (χ3n) is 5.37. The molecule has 3 aliphatic heterocycles. The second-order valence-electron chi connectivity index (χ2n) is 6.40. The highest BCUT2D eigenvalue weighted by Crippen LogP contribution is 2.42. The number of aromatic amines is 1. The Bertz CT molecular complexity index is 820. The van der Waals surface area contributed by atoms with Crippen molar-refractivity contribution in [1.82, 2.24) is 19.9 Å². The molecule has 1 aromatic carbocycles. The topological polar surface area (TPSA) is 44.8 Å². The van der Waals surface area contributed by atoms with Gasteiger partial charge in [-0.15, -0.1) is 12.4 Å². The SMILES string of the molecule is Cl.c1cnc2c(ccc3[nH]cc(C4CN5CCC4CC5)c32)n1. The fraction of sp³-hybridized carbons (Fsp3) is 0.412. The number of nitrogens with one attached hydrogen (secondary N) is 1. The number of halogens is 1. The maximum Gasteiger partial charge on any atom is 0.0983 e. The average Bonchev–Trinajstić information content (AvgIpc) is 3.00. The summed E-state index contributed by atoms with van der Waals surface area (Å²) in [6, 6.07) is 4.19. The number of H-pyrrole nitrogens is 1. The highest BCUT2D eigenvalue weighted by molar-refractivity contribution is 6.04. The maximum absolute atomic E-state index is 4.60. The van der Waals surface area contributed by atoms with Crippen molar-refractivity contribution >= 4 is 34.3 Å². The monoisotopic (exact) mass is 314 g/mol. The standard InChI is InChI=1S/C17H18N4.ClH/c1-2-15-17(19-6-5-18-15)16-12(9-20-14(1)16)13-10-21-7-3-11(13)4-8-21;/h1-2,5-6,9,11,13,20H,3-4,7-8,10H2;1H. The van der Waals surface area contributed by atoms with Gasteiger partial charge in [-0.2, -0.15) is 0 Å². The van der Waals surface area contributed by atoms with E-state index in [1.807, 2.05) is 0 Å². The van der Waals surface area contributed by atoms with Gasteiger partial charge >= 0.3 is 0 Å². The molecule has 1 unspecified atom stereocenters. The van der Waals surface area contributed by atoms with Gasteiger partial charge in [-0.1, -0.05) is 0 Å². The first-order chi connectivity index (χ1) is 10.4. The zero-order chi connectivity index (χ0) is 13.8. The fourth-order valence-electron chi connectivity index (χ4n) is 4.29. The van der Waals surface area contributed by atoms with Crippen LogP contribution < -0.4 is 0 Å². The molecule has 3 fully saturated rings. The maximum atomic E-state index is 4.60. The molecule has 2 bridgehead atoms. The molecule has 114 valence electrons. The van der Waals surface area contributed by atoms with Crippen molar-refractivity contribution in [3.8, 4) is 0 Å². The smallest absolute Gasteiger partial charge is 0.0983 e. The zero-order valence-electron chi connectivity index (χ0n) is 12.3.